The Bertz CT molecular complexity index is 1150. The lowest BCUT2D eigenvalue weighted by atomic mass is 9.94. The van der Waals surface area contributed by atoms with Gasteiger partial charge in [0.15, 0.2) is 0 Å². The van der Waals surface area contributed by atoms with Gasteiger partial charge < -0.3 is 25.3 Å². The molecule has 0 spiro atoms. The average molecular weight is 450 g/mol. The predicted octanol–water partition coefficient (Wildman–Crippen LogP) is 2.82. The average Bonchev–Trinajstić information content (AvgIpc) is 2.76. The van der Waals surface area contributed by atoms with E-state index < -0.39 is 5.60 Å². The van der Waals surface area contributed by atoms with E-state index in [1.165, 1.54) is 0 Å². The molecule has 0 aliphatic carbocycles. The fraction of sp³-hybridized carbons (Fsp3) is 0.500. The van der Waals surface area contributed by atoms with E-state index >= 15 is 0 Å². The molecule has 9 heteroatoms. The maximum Gasteiger partial charge on any atom is 0.227 e. The van der Waals surface area contributed by atoms with Crippen LogP contribution in [-0.2, 0) is 0 Å². The maximum atomic E-state index is 10.2. The molecule has 0 amide bonds. The van der Waals surface area contributed by atoms with Crippen molar-refractivity contribution in [2.45, 2.75) is 51.2 Å². The smallest absolute Gasteiger partial charge is 0.227 e. The second-order valence-electron chi connectivity index (χ2n) is 9.72. The molecular weight excluding hydrogens is 418 g/mol. The number of nitrogens with zero attached hydrogens (tertiary/aromatic N) is 6. The van der Waals surface area contributed by atoms with E-state index in [4.69, 9.17) is 0 Å². The number of aliphatic hydroxyl groups is 2. The van der Waals surface area contributed by atoms with Gasteiger partial charge in [-0.15, -0.1) is 0 Å². The molecule has 174 valence electrons. The number of nitrogens with one attached hydrogen (secondary N) is 1. The van der Waals surface area contributed by atoms with E-state index in [0.29, 0.717) is 49.4 Å². The van der Waals surface area contributed by atoms with Crippen LogP contribution in [0.5, 0.6) is 0 Å². The minimum absolute atomic E-state index is 0.293. The van der Waals surface area contributed by atoms with E-state index in [9.17, 15) is 10.2 Å². The molecule has 3 aromatic heterocycles. The van der Waals surface area contributed by atoms with Gasteiger partial charge >= 0.3 is 0 Å². The third-order valence-corrected chi connectivity index (χ3v) is 6.59. The monoisotopic (exact) mass is 449 g/mol. The van der Waals surface area contributed by atoms with Gasteiger partial charge in [0.2, 0.25) is 5.95 Å². The number of piperidine rings is 1. The molecule has 9 nitrogen and oxygen atoms in total. The van der Waals surface area contributed by atoms with Crippen LogP contribution < -0.4 is 15.1 Å². The quantitative estimate of drug-likeness (QED) is 0.541. The highest BCUT2D eigenvalue weighted by atomic mass is 16.3. The number of hydrogen-bond acceptors (Lipinski definition) is 9. The number of anilines is 4. The number of β-amino-alcohol motifs (C(OH)–C–C–N with tert-alkyl or cyclic N) is 1. The molecule has 33 heavy (non-hydrogen) atoms. The zero-order chi connectivity index (χ0) is 23.2. The molecule has 0 bridgehead atoms. The van der Waals surface area contributed by atoms with Gasteiger partial charge in [-0.2, -0.15) is 4.98 Å². The van der Waals surface area contributed by atoms with Crippen molar-refractivity contribution in [1.29, 1.82) is 0 Å². The Balaban J connectivity index is 1.42. The van der Waals surface area contributed by atoms with Gasteiger partial charge in [-0.1, -0.05) is 13.8 Å². The van der Waals surface area contributed by atoms with Gasteiger partial charge in [-0.05, 0) is 48.8 Å². The summed E-state index contributed by atoms with van der Waals surface area (Å²) in [7, 11) is 0. The molecule has 0 unspecified atom stereocenters. The van der Waals surface area contributed by atoms with Crippen LogP contribution in [0.2, 0.25) is 0 Å². The van der Waals surface area contributed by atoms with Crippen LogP contribution in [0, 0.1) is 0 Å². The molecule has 2 aliphatic rings. The Labute approximate surface area is 193 Å². The minimum Gasteiger partial charge on any atom is -0.390 e. The van der Waals surface area contributed by atoms with Crippen LogP contribution in [0.3, 0.4) is 0 Å². The number of fused-ring (bicyclic) bond motifs is 1. The molecule has 5 heterocycles. The zero-order valence-electron chi connectivity index (χ0n) is 19.4. The van der Waals surface area contributed by atoms with Crippen molar-refractivity contribution in [2.75, 3.05) is 41.3 Å². The third kappa shape index (κ3) is 4.43. The summed E-state index contributed by atoms with van der Waals surface area (Å²) in [5, 5.41) is 25.4. The van der Waals surface area contributed by atoms with E-state index in [1.54, 1.807) is 6.20 Å². The van der Waals surface area contributed by atoms with Crippen LogP contribution in [0.25, 0.3) is 10.8 Å². The van der Waals surface area contributed by atoms with Crippen molar-refractivity contribution in [2.24, 2.45) is 0 Å². The van der Waals surface area contributed by atoms with Crippen LogP contribution in [0.1, 0.15) is 45.1 Å². The van der Waals surface area contributed by atoms with Crippen LogP contribution in [0.15, 0.2) is 30.7 Å². The van der Waals surface area contributed by atoms with E-state index in [-0.39, 0.29) is 6.10 Å². The lowest BCUT2D eigenvalue weighted by molar-refractivity contribution is 0.0349. The fourth-order valence-corrected chi connectivity index (χ4v) is 4.44. The van der Waals surface area contributed by atoms with Gasteiger partial charge in [0.25, 0.3) is 0 Å². The van der Waals surface area contributed by atoms with Crippen LogP contribution in [-0.4, -0.2) is 68.0 Å². The molecular formula is C24H31N7O2. The number of aromatic nitrogens is 4. The van der Waals surface area contributed by atoms with Crippen molar-refractivity contribution in [3.05, 3.63) is 36.3 Å². The first-order valence-electron chi connectivity index (χ1n) is 11.6. The summed E-state index contributed by atoms with van der Waals surface area (Å²) in [5.41, 5.74) is 0.543. The molecule has 2 saturated heterocycles. The van der Waals surface area contributed by atoms with Gasteiger partial charge in [0.05, 0.1) is 11.7 Å². The Hall–Kier alpha value is -3.04. The topological polar surface area (TPSA) is 111 Å². The molecule has 3 aromatic rings. The fourth-order valence-electron chi connectivity index (χ4n) is 4.44. The number of rotatable bonds is 5. The number of pyridine rings is 2. The summed E-state index contributed by atoms with van der Waals surface area (Å²) in [6.07, 6.45) is 6.63. The first kappa shape index (κ1) is 21.8. The lowest BCUT2D eigenvalue weighted by Crippen LogP contribution is -2.51. The Morgan fingerprint density at radius 2 is 1.79 bits per heavy atom. The summed E-state index contributed by atoms with van der Waals surface area (Å²) >= 11 is 0. The molecule has 0 radical (unpaired) electrons. The second kappa shape index (κ2) is 8.39. The molecule has 2 fully saturated rings. The standard InChI is InChI=1S/C24H31N7O2/c1-15(2)18-11-27-22(31-13-16(32)14-31)19-12-26-21(10-17(18)19)28-20-4-7-25-23(29-20)30-8-5-24(3,33)6-9-30/h4,7,10-12,15-16,32-33H,5-6,8-9,13-14H2,1-3H3,(H,25,26,28,29). The molecule has 0 aromatic carbocycles. The molecule has 3 N–H and O–H groups in total. The zero-order valence-corrected chi connectivity index (χ0v) is 19.4. The van der Waals surface area contributed by atoms with Crippen LogP contribution >= 0.6 is 0 Å². The van der Waals surface area contributed by atoms with Crippen molar-refractivity contribution in [1.82, 2.24) is 19.9 Å². The Morgan fingerprint density at radius 3 is 2.48 bits per heavy atom. The van der Waals surface area contributed by atoms with Gasteiger partial charge in [0.1, 0.15) is 17.5 Å². The van der Waals surface area contributed by atoms with E-state index in [2.05, 4.69) is 48.9 Å². The predicted molar refractivity (Wildman–Crippen MR) is 129 cm³/mol. The summed E-state index contributed by atoms with van der Waals surface area (Å²) in [5.74, 6) is 3.21. The number of aliphatic hydroxyl groups excluding tert-OH is 1. The normalized spacial score (nSPS) is 18.6. The van der Waals surface area contributed by atoms with E-state index in [0.717, 1.165) is 35.2 Å². The van der Waals surface area contributed by atoms with E-state index in [1.807, 2.05) is 31.5 Å². The summed E-state index contributed by atoms with van der Waals surface area (Å²) in [4.78, 5) is 22.6. The van der Waals surface area contributed by atoms with Crippen molar-refractivity contribution in [3.8, 4) is 0 Å². The summed E-state index contributed by atoms with van der Waals surface area (Å²) in [6, 6.07) is 3.88. The second-order valence-corrected chi connectivity index (χ2v) is 9.72. The Morgan fingerprint density at radius 1 is 1.03 bits per heavy atom. The largest absolute Gasteiger partial charge is 0.390 e. The lowest BCUT2D eigenvalue weighted by Gasteiger charge is -2.37. The number of hydrogen-bond donors (Lipinski definition) is 3. The van der Waals surface area contributed by atoms with Crippen molar-refractivity contribution >= 4 is 34.2 Å². The third-order valence-electron chi connectivity index (χ3n) is 6.59. The van der Waals surface area contributed by atoms with Gasteiger partial charge in [-0.3, -0.25) is 0 Å². The summed E-state index contributed by atoms with van der Waals surface area (Å²) < 4.78 is 0. The molecule has 0 saturated carbocycles. The highest BCUT2D eigenvalue weighted by Gasteiger charge is 2.29. The van der Waals surface area contributed by atoms with Gasteiger partial charge in [0, 0.05) is 50.2 Å². The molecule has 2 aliphatic heterocycles. The highest BCUT2D eigenvalue weighted by Crippen LogP contribution is 2.34. The van der Waals surface area contributed by atoms with Crippen molar-refractivity contribution in [3.63, 3.8) is 0 Å². The minimum atomic E-state index is -0.614. The maximum absolute atomic E-state index is 10.2. The highest BCUT2D eigenvalue weighted by molar-refractivity contribution is 5.96. The molecule has 5 rings (SSSR count). The first-order chi connectivity index (χ1) is 15.8. The van der Waals surface area contributed by atoms with Gasteiger partial charge in [-0.25, -0.2) is 15.0 Å². The van der Waals surface area contributed by atoms with Crippen molar-refractivity contribution < 1.29 is 10.2 Å². The SMILES string of the molecule is CC(C)c1cnc(N2CC(O)C2)c2cnc(Nc3ccnc(N4CCC(C)(O)CC4)n3)cc12. The first-order valence-corrected chi connectivity index (χ1v) is 11.6. The molecule has 0 atom stereocenters. The Kier molecular flexibility index (Phi) is 5.54. The summed E-state index contributed by atoms with van der Waals surface area (Å²) in [6.45, 7) is 8.84. The van der Waals surface area contributed by atoms with Crippen LogP contribution in [0.4, 0.5) is 23.4 Å².